The van der Waals surface area contributed by atoms with Crippen LogP contribution in [0.15, 0.2) is 0 Å². The van der Waals surface area contributed by atoms with Gasteiger partial charge in [-0.1, -0.05) is 13.3 Å². The van der Waals surface area contributed by atoms with E-state index in [4.69, 9.17) is 5.73 Å². The molecule has 0 aromatic rings. The average Bonchev–Trinajstić information content (AvgIpc) is 2.16. The lowest BCUT2D eigenvalue weighted by atomic mass is 10.1. The van der Waals surface area contributed by atoms with E-state index in [0.717, 1.165) is 32.4 Å². The topological polar surface area (TPSA) is 67.1 Å². The fourth-order valence-electron chi connectivity index (χ4n) is 1.11. The van der Waals surface area contributed by atoms with Crippen molar-refractivity contribution in [2.24, 2.45) is 5.73 Å². The van der Waals surface area contributed by atoms with Crippen molar-refractivity contribution in [3.63, 3.8) is 0 Å². The van der Waals surface area contributed by atoms with E-state index < -0.39 is 0 Å². The van der Waals surface area contributed by atoms with Gasteiger partial charge in [-0.2, -0.15) is 0 Å². The second kappa shape index (κ2) is 8.01. The molecule has 0 aromatic carbocycles. The maximum absolute atomic E-state index is 11.0. The Balaban J connectivity index is 3.26. The van der Waals surface area contributed by atoms with E-state index in [2.05, 4.69) is 17.6 Å². The lowest BCUT2D eigenvalue weighted by Crippen LogP contribution is -2.38. The van der Waals surface area contributed by atoms with Crippen molar-refractivity contribution < 1.29 is 4.79 Å². The Labute approximate surface area is 80.3 Å². The Bertz CT molecular complexity index is 139. The Morgan fingerprint density at radius 2 is 2.15 bits per heavy atom. The number of amides is 1. The van der Waals surface area contributed by atoms with Crippen LogP contribution in [-0.2, 0) is 4.79 Å². The summed E-state index contributed by atoms with van der Waals surface area (Å²) in [6.07, 6.45) is 2.85. The van der Waals surface area contributed by atoms with Crippen LogP contribution in [0.4, 0.5) is 0 Å². The van der Waals surface area contributed by atoms with Crippen molar-refractivity contribution >= 4 is 5.91 Å². The van der Waals surface area contributed by atoms with Gasteiger partial charge in [0.15, 0.2) is 0 Å². The maximum Gasteiger partial charge on any atom is 0.236 e. The molecule has 4 heteroatoms. The summed E-state index contributed by atoms with van der Waals surface area (Å²) in [5.41, 5.74) is 5.61. The van der Waals surface area contributed by atoms with Crippen molar-refractivity contribution in [1.82, 2.24) is 10.6 Å². The molecule has 4 nitrogen and oxygen atoms in total. The molecule has 0 aliphatic heterocycles. The smallest absolute Gasteiger partial charge is 0.236 e. The van der Waals surface area contributed by atoms with Gasteiger partial charge in [0.05, 0.1) is 6.04 Å². The van der Waals surface area contributed by atoms with Crippen molar-refractivity contribution in [2.75, 3.05) is 20.1 Å². The third-order valence-corrected chi connectivity index (χ3v) is 1.95. The van der Waals surface area contributed by atoms with Gasteiger partial charge in [0.25, 0.3) is 0 Å². The number of nitrogens with one attached hydrogen (secondary N) is 2. The lowest BCUT2D eigenvalue weighted by Gasteiger charge is -2.09. The van der Waals surface area contributed by atoms with Crippen molar-refractivity contribution in [3.8, 4) is 0 Å². The first kappa shape index (κ1) is 12.4. The Morgan fingerprint density at radius 3 is 2.69 bits per heavy atom. The van der Waals surface area contributed by atoms with E-state index in [-0.39, 0.29) is 11.9 Å². The van der Waals surface area contributed by atoms with Gasteiger partial charge < -0.3 is 16.4 Å². The van der Waals surface area contributed by atoms with Crippen molar-refractivity contribution in [3.05, 3.63) is 0 Å². The van der Waals surface area contributed by atoms with Crippen LogP contribution in [0.2, 0.25) is 0 Å². The zero-order chi connectivity index (χ0) is 10.1. The molecule has 0 rings (SSSR count). The molecule has 0 aromatic heterocycles. The van der Waals surface area contributed by atoms with Crippen LogP contribution in [0.3, 0.4) is 0 Å². The van der Waals surface area contributed by atoms with Crippen LogP contribution in [0.5, 0.6) is 0 Å². The van der Waals surface area contributed by atoms with E-state index in [1.54, 1.807) is 7.05 Å². The first-order chi connectivity index (χ1) is 6.22. The predicted octanol–water partition coefficient (Wildman–Crippen LogP) is -0.160. The SMILES string of the molecule is CCNCCCCC(N)C(=O)NC. The van der Waals surface area contributed by atoms with E-state index in [0.29, 0.717) is 0 Å². The minimum Gasteiger partial charge on any atom is -0.358 e. The molecular formula is C9H21N3O. The van der Waals surface area contributed by atoms with Crippen LogP contribution in [0.25, 0.3) is 0 Å². The number of nitrogens with two attached hydrogens (primary N) is 1. The summed E-state index contributed by atoms with van der Waals surface area (Å²) in [6.45, 7) is 4.09. The molecule has 0 radical (unpaired) electrons. The minimum atomic E-state index is -0.341. The van der Waals surface area contributed by atoms with Gasteiger partial charge in [-0.15, -0.1) is 0 Å². The van der Waals surface area contributed by atoms with Gasteiger partial charge in [0.1, 0.15) is 0 Å². The molecule has 1 unspecified atom stereocenters. The summed E-state index contributed by atoms with van der Waals surface area (Å²) in [7, 11) is 1.61. The van der Waals surface area contributed by atoms with Crippen LogP contribution >= 0.6 is 0 Å². The molecule has 0 fully saturated rings. The Kier molecular flexibility index (Phi) is 7.63. The molecule has 1 amide bonds. The van der Waals surface area contributed by atoms with E-state index >= 15 is 0 Å². The monoisotopic (exact) mass is 187 g/mol. The summed E-state index contributed by atoms with van der Waals surface area (Å²) in [5, 5.41) is 5.76. The number of carbonyl (C=O) groups excluding carboxylic acids is 1. The third-order valence-electron chi connectivity index (χ3n) is 1.95. The zero-order valence-electron chi connectivity index (χ0n) is 8.60. The lowest BCUT2D eigenvalue weighted by molar-refractivity contribution is -0.122. The molecular weight excluding hydrogens is 166 g/mol. The Hall–Kier alpha value is -0.610. The third kappa shape index (κ3) is 6.54. The number of carbonyl (C=O) groups is 1. The molecule has 13 heavy (non-hydrogen) atoms. The van der Waals surface area contributed by atoms with Crippen molar-refractivity contribution in [1.29, 1.82) is 0 Å². The molecule has 0 saturated heterocycles. The summed E-state index contributed by atoms with van der Waals surface area (Å²) in [5.74, 6) is -0.0662. The molecule has 0 spiro atoms. The number of likely N-dealkylation sites (N-methyl/N-ethyl adjacent to an activating group) is 1. The largest absolute Gasteiger partial charge is 0.358 e. The van der Waals surface area contributed by atoms with E-state index in [1.807, 2.05) is 0 Å². The van der Waals surface area contributed by atoms with Gasteiger partial charge in [0.2, 0.25) is 5.91 Å². The average molecular weight is 187 g/mol. The molecule has 0 saturated carbocycles. The van der Waals surface area contributed by atoms with Crippen LogP contribution < -0.4 is 16.4 Å². The second-order valence-corrected chi connectivity index (χ2v) is 3.07. The van der Waals surface area contributed by atoms with Gasteiger partial charge in [0, 0.05) is 7.05 Å². The molecule has 0 heterocycles. The minimum absolute atomic E-state index is 0.0662. The maximum atomic E-state index is 11.0. The highest BCUT2D eigenvalue weighted by Crippen LogP contribution is 1.97. The quantitative estimate of drug-likeness (QED) is 0.485. The van der Waals surface area contributed by atoms with Crippen molar-refractivity contribution in [2.45, 2.75) is 32.2 Å². The first-order valence-electron chi connectivity index (χ1n) is 4.90. The molecule has 78 valence electrons. The summed E-state index contributed by atoms with van der Waals surface area (Å²) >= 11 is 0. The second-order valence-electron chi connectivity index (χ2n) is 3.07. The predicted molar refractivity (Wildman–Crippen MR) is 54.4 cm³/mol. The molecule has 0 aliphatic carbocycles. The van der Waals surface area contributed by atoms with Gasteiger partial charge in [-0.3, -0.25) is 4.79 Å². The van der Waals surface area contributed by atoms with Crippen LogP contribution in [0, 0.1) is 0 Å². The number of rotatable bonds is 7. The number of unbranched alkanes of at least 4 members (excludes halogenated alkanes) is 1. The number of hydrogen-bond donors (Lipinski definition) is 3. The molecule has 1 atom stereocenters. The molecule has 0 aliphatic rings. The van der Waals surface area contributed by atoms with Crippen LogP contribution in [-0.4, -0.2) is 32.1 Å². The highest BCUT2D eigenvalue weighted by molar-refractivity contribution is 5.81. The zero-order valence-corrected chi connectivity index (χ0v) is 8.60. The Morgan fingerprint density at radius 1 is 1.46 bits per heavy atom. The highest BCUT2D eigenvalue weighted by atomic mass is 16.2. The van der Waals surface area contributed by atoms with Gasteiger partial charge in [-0.05, 0) is 25.9 Å². The number of hydrogen-bond acceptors (Lipinski definition) is 3. The fraction of sp³-hybridized carbons (Fsp3) is 0.889. The fourth-order valence-corrected chi connectivity index (χ4v) is 1.11. The first-order valence-corrected chi connectivity index (χ1v) is 4.90. The normalized spacial score (nSPS) is 12.5. The van der Waals surface area contributed by atoms with Crippen LogP contribution in [0.1, 0.15) is 26.2 Å². The molecule has 0 bridgehead atoms. The summed E-state index contributed by atoms with van der Waals surface area (Å²) in [4.78, 5) is 11.0. The van der Waals surface area contributed by atoms with Gasteiger partial charge >= 0.3 is 0 Å². The van der Waals surface area contributed by atoms with E-state index in [9.17, 15) is 4.79 Å². The molecule has 4 N–H and O–H groups in total. The summed E-state index contributed by atoms with van der Waals surface area (Å²) < 4.78 is 0. The standard InChI is InChI=1S/C9H21N3O/c1-3-12-7-5-4-6-8(10)9(13)11-2/h8,12H,3-7,10H2,1-2H3,(H,11,13). The van der Waals surface area contributed by atoms with Gasteiger partial charge in [-0.25, -0.2) is 0 Å². The summed E-state index contributed by atoms with van der Waals surface area (Å²) in [6, 6.07) is -0.341. The highest BCUT2D eigenvalue weighted by Gasteiger charge is 2.09. The van der Waals surface area contributed by atoms with E-state index in [1.165, 1.54) is 0 Å².